The van der Waals surface area contributed by atoms with Crippen LogP contribution >= 0.6 is 0 Å². The number of nitrogens with one attached hydrogen (secondary N) is 2. The van der Waals surface area contributed by atoms with E-state index in [4.69, 9.17) is 4.74 Å². The third-order valence-electron chi connectivity index (χ3n) is 6.45. The summed E-state index contributed by atoms with van der Waals surface area (Å²) >= 11 is 0. The first kappa shape index (κ1) is 20.3. The lowest BCUT2D eigenvalue weighted by molar-refractivity contribution is -0.137. The van der Waals surface area contributed by atoms with Crippen LogP contribution in [0.15, 0.2) is 36.5 Å². The van der Waals surface area contributed by atoms with E-state index in [2.05, 4.69) is 46.5 Å². The zero-order chi connectivity index (χ0) is 22.5. The number of hydrogen-bond acceptors (Lipinski definition) is 7. The van der Waals surface area contributed by atoms with Crippen molar-refractivity contribution in [1.29, 1.82) is 0 Å². The number of nitrogens with zero attached hydrogens (tertiary/aromatic N) is 3. The number of hydrogen-bond donors (Lipinski definition) is 2. The molecule has 0 radical (unpaired) electrons. The Labute approximate surface area is 185 Å². The van der Waals surface area contributed by atoms with Gasteiger partial charge in [-0.2, -0.15) is 0 Å². The summed E-state index contributed by atoms with van der Waals surface area (Å²) in [5.41, 5.74) is 1.70. The van der Waals surface area contributed by atoms with Crippen LogP contribution in [0.4, 0.5) is 16.2 Å². The lowest BCUT2D eigenvalue weighted by atomic mass is 9.92. The van der Waals surface area contributed by atoms with Gasteiger partial charge in [0.1, 0.15) is 5.75 Å². The lowest BCUT2D eigenvalue weighted by Crippen LogP contribution is -2.71. The molecule has 9 nitrogen and oxygen atoms in total. The quantitative estimate of drug-likeness (QED) is 0.711. The van der Waals surface area contributed by atoms with Gasteiger partial charge in [-0.3, -0.25) is 20.2 Å². The third-order valence-corrected chi connectivity index (χ3v) is 6.45. The highest BCUT2D eigenvalue weighted by Crippen LogP contribution is 2.37. The number of barbiturate groups is 1. The predicted molar refractivity (Wildman–Crippen MR) is 118 cm³/mol. The number of aromatic nitrogens is 1. The molecule has 1 spiro atoms. The molecule has 4 heterocycles. The highest BCUT2D eigenvalue weighted by Gasteiger charge is 2.57. The van der Waals surface area contributed by atoms with Crippen molar-refractivity contribution in [2.24, 2.45) is 0 Å². The van der Waals surface area contributed by atoms with Crippen LogP contribution in [-0.2, 0) is 16.0 Å². The average molecular weight is 435 g/mol. The van der Waals surface area contributed by atoms with Gasteiger partial charge in [-0.15, -0.1) is 0 Å². The molecule has 1 aromatic carbocycles. The fraction of sp³-hybridized carbons (Fsp3) is 0.391. The number of fused-ring (bicyclic) bond motifs is 1. The number of carbonyl (C=O) groups excluding carboxylic acids is 3. The van der Waals surface area contributed by atoms with Crippen molar-refractivity contribution in [3.05, 3.63) is 42.1 Å². The Morgan fingerprint density at radius 1 is 1.06 bits per heavy atom. The zero-order valence-electron chi connectivity index (χ0n) is 18.1. The largest absolute Gasteiger partial charge is 0.439 e. The van der Waals surface area contributed by atoms with Crippen molar-refractivity contribution in [2.45, 2.75) is 44.7 Å². The molecule has 1 aromatic heterocycles. The van der Waals surface area contributed by atoms with Crippen molar-refractivity contribution in [3.63, 3.8) is 0 Å². The molecule has 3 aliphatic rings. The molecule has 5 rings (SSSR count). The smallest absolute Gasteiger partial charge is 0.328 e. The van der Waals surface area contributed by atoms with E-state index in [9.17, 15) is 14.4 Å². The highest BCUT2D eigenvalue weighted by atomic mass is 16.5. The topological polar surface area (TPSA) is 104 Å². The first-order chi connectivity index (χ1) is 15.4. The molecule has 2 fully saturated rings. The number of carbonyl (C=O) groups is 3. The highest BCUT2D eigenvalue weighted by molar-refractivity contribution is 6.24. The number of urea groups is 1. The van der Waals surface area contributed by atoms with Gasteiger partial charge < -0.3 is 14.5 Å². The molecule has 0 saturated carbocycles. The van der Waals surface area contributed by atoms with Crippen LogP contribution < -0.4 is 25.2 Å². The molecule has 4 amide bonds. The van der Waals surface area contributed by atoms with E-state index in [0.717, 1.165) is 18.7 Å². The minimum atomic E-state index is -1.43. The van der Waals surface area contributed by atoms with Gasteiger partial charge in [0, 0.05) is 30.9 Å². The van der Waals surface area contributed by atoms with E-state index < -0.39 is 23.4 Å². The van der Waals surface area contributed by atoms with Gasteiger partial charge in [0.05, 0.1) is 11.9 Å². The van der Waals surface area contributed by atoms with E-state index in [1.54, 1.807) is 23.2 Å². The Morgan fingerprint density at radius 3 is 2.53 bits per heavy atom. The first-order valence-electron chi connectivity index (χ1n) is 10.9. The van der Waals surface area contributed by atoms with Crippen LogP contribution in [0.1, 0.15) is 32.3 Å². The SMILES string of the molecule is CC(C)N1CCc2cc(Oc3ccc(N4CCCC45C(=O)NC(=O)NC5=O)cn3)ccc21. The first-order valence-corrected chi connectivity index (χ1v) is 10.9. The molecule has 2 saturated heterocycles. The normalized spacial score (nSPS) is 19.4. The molecule has 3 aliphatic heterocycles. The summed E-state index contributed by atoms with van der Waals surface area (Å²) in [6.07, 6.45) is 3.56. The maximum atomic E-state index is 12.6. The maximum Gasteiger partial charge on any atom is 0.328 e. The molecule has 2 aromatic rings. The van der Waals surface area contributed by atoms with Crippen molar-refractivity contribution in [2.75, 3.05) is 22.9 Å². The standard InChI is InChI=1S/C23H25N5O4/c1-14(2)27-11-8-15-12-17(5-6-18(15)27)32-19-7-4-16(13-24-19)28-10-3-9-23(28)20(29)25-22(31)26-21(23)30/h4-7,12-14H,3,8-11H2,1-2H3,(H2,25,26,29,30,31). The minimum absolute atomic E-state index is 0.332. The number of benzene rings is 1. The summed E-state index contributed by atoms with van der Waals surface area (Å²) in [6, 6.07) is 9.25. The van der Waals surface area contributed by atoms with Crippen LogP contribution in [0.5, 0.6) is 11.6 Å². The van der Waals surface area contributed by atoms with Crippen LogP contribution in [0.2, 0.25) is 0 Å². The van der Waals surface area contributed by atoms with Crippen LogP contribution in [-0.4, -0.2) is 47.5 Å². The van der Waals surface area contributed by atoms with Crippen molar-refractivity contribution in [1.82, 2.24) is 15.6 Å². The van der Waals surface area contributed by atoms with Crippen molar-refractivity contribution in [3.8, 4) is 11.6 Å². The Balaban J connectivity index is 1.34. The number of amides is 4. The number of imide groups is 2. The Bertz CT molecular complexity index is 1080. The Morgan fingerprint density at radius 2 is 1.84 bits per heavy atom. The number of pyridine rings is 1. The molecular weight excluding hydrogens is 410 g/mol. The molecule has 0 aliphatic carbocycles. The second-order valence-corrected chi connectivity index (χ2v) is 8.64. The van der Waals surface area contributed by atoms with Crippen LogP contribution in [0.3, 0.4) is 0 Å². The van der Waals surface area contributed by atoms with E-state index in [1.807, 2.05) is 6.07 Å². The van der Waals surface area contributed by atoms with Crippen molar-refractivity contribution >= 4 is 29.2 Å². The molecule has 0 bridgehead atoms. The van der Waals surface area contributed by atoms with E-state index in [0.29, 0.717) is 37.0 Å². The van der Waals surface area contributed by atoms with Gasteiger partial charge in [-0.25, -0.2) is 9.78 Å². The fourth-order valence-electron chi connectivity index (χ4n) is 4.90. The second kappa shape index (κ2) is 7.51. The molecule has 2 N–H and O–H groups in total. The number of ether oxygens (including phenoxy) is 1. The third kappa shape index (κ3) is 3.16. The summed E-state index contributed by atoms with van der Waals surface area (Å²) in [5.74, 6) is -0.0551. The molecule has 9 heteroatoms. The fourth-order valence-corrected chi connectivity index (χ4v) is 4.90. The summed E-state index contributed by atoms with van der Waals surface area (Å²) in [6.45, 7) is 5.89. The summed E-state index contributed by atoms with van der Waals surface area (Å²) in [5, 5.41) is 4.43. The molecule has 166 valence electrons. The van der Waals surface area contributed by atoms with E-state index >= 15 is 0 Å². The van der Waals surface area contributed by atoms with E-state index in [1.165, 1.54) is 11.3 Å². The van der Waals surface area contributed by atoms with Gasteiger partial charge >= 0.3 is 6.03 Å². The Hall–Kier alpha value is -3.62. The lowest BCUT2D eigenvalue weighted by Gasteiger charge is -2.38. The summed E-state index contributed by atoms with van der Waals surface area (Å²) in [4.78, 5) is 45.2. The second-order valence-electron chi connectivity index (χ2n) is 8.64. The predicted octanol–water partition coefficient (Wildman–Crippen LogP) is 2.35. The van der Waals surface area contributed by atoms with Gasteiger partial charge in [-0.1, -0.05) is 0 Å². The van der Waals surface area contributed by atoms with Gasteiger partial charge in [0.15, 0.2) is 5.54 Å². The molecule has 0 unspecified atom stereocenters. The number of rotatable bonds is 4. The average Bonchev–Trinajstić information content (AvgIpc) is 3.38. The summed E-state index contributed by atoms with van der Waals surface area (Å²) in [7, 11) is 0. The van der Waals surface area contributed by atoms with Crippen LogP contribution in [0.25, 0.3) is 0 Å². The Kier molecular flexibility index (Phi) is 4.76. The molecular formula is C23H25N5O4. The monoisotopic (exact) mass is 435 g/mol. The molecule has 0 atom stereocenters. The van der Waals surface area contributed by atoms with E-state index in [-0.39, 0.29) is 0 Å². The van der Waals surface area contributed by atoms with Gasteiger partial charge in [0.25, 0.3) is 11.8 Å². The van der Waals surface area contributed by atoms with Gasteiger partial charge in [-0.05, 0) is 62.9 Å². The number of anilines is 2. The molecule has 32 heavy (non-hydrogen) atoms. The zero-order valence-corrected chi connectivity index (χ0v) is 18.1. The van der Waals surface area contributed by atoms with Crippen LogP contribution in [0, 0.1) is 0 Å². The van der Waals surface area contributed by atoms with Gasteiger partial charge in [0.2, 0.25) is 5.88 Å². The summed E-state index contributed by atoms with van der Waals surface area (Å²) < 4.78 is 5.96. The van der Waals surface area contributed by atoms with Crippen molar-refractivity contribution < 1.29 is 19.1 Å². The maximum absolute atomic E-state index is 12.6. The minimum Gasteiger partial charge on any atom is -0.439 e.